The third-order valence-corrected chi connectivity index (χ3v) is 4.84. The van der Waals surface area contributed by atoms with Gasteiger partial charge in [0.05, 0.1) is 12.7 Å². The summed E-state index contributed by atoms with van der Waals surface area (Å²) in [5.41, 5.74) is 0.0160. The van der Waals surface area contributed by atoms with Crippen LogP contribution < -0.4 is 4.90 Å². The fourth-order valence-electron chi connectivity index (χ4n) is 2.74. The predicted octanol–water partition coefficient (Wildman–Crippen LogP) is 3.14. The van der Waals surface area contributed by atoms with Gasteiger partial charge in [-0.2, -0.15) is 0 Å². The van der Waals surface area contributed by atoms with Crippen molar-refractivity contribution in [1.29, 1.82) is 0 Å². The molecule has 3 heterocycles. The van der Waals surface area contributed by atoms with E-state index >= 15 is 0 Å². The van der Waals surface area contributed by atoms with Crippen LogP contribution in [0.15, 0.2) is 22.2 Å². The fourth-order valence-corrected chi connectivity index (χ4v) is 3.51. The van der Waals surface area contributed by atoms with Gasteiger partial charge in [0.1, 0.15) is 5.76 Å². The number of hydrogen-bond acceptors (Lipinski definition) is 6. The zero-order valence-corrected chi connectivity index (χ0v) is 14.6. The normalized spacial score (nSPS) is 20.5. The van der Waals surface area contributed by atoms with Crippen molar-refractivity contribution < 1.29 is 4.42 Å². The molecule has 0 unspecified atom stereocenters. The van der Waals surface area contributed by atoms with Crippen LogP contribution in [-0.4, -0.2) is 40.5 Å². The van der Waals surface area contributed by atoms with Gasteiger partial charge in [-0.05, 0) is 6.92 Å². The Labute approximate surface area is 136 Å². The highest BCUT2D eigenvalue weighted by atomic mass is 32.1. The zero-order chi connectivity index (χ0) is 15.7. The van der Waals surface area contributed by atoms with Gasteiger partial charge < -0.3 is 9.32 Å². The second-order valence-corrected chi connectivity index (χ2v) is 7.83. The first kappa shape index (κ1) is 15.5. The maximum absolute atomic E-state index is 5.91. The molecule has 2 aromatic rings. The van der Waals surface area contributed by atoms with Gasteiger partial charge in [-0.25, -0.2) is 9.97 Å². The Morgan fingerprint density at radius 2 is 2.14 bits per heavy atom. The second-order valence-electron chi connectivity index (χ2n) is 6.96. The standard InChI is InChI=1S/C16H24N4OS/c1-12-10-19(6-7-20(12)15-17-5-8-22-15)11-14-18-9-13(21-14)16(2,3)4/h5,8-9,12H,6-7,10-11H2,1-4H3/t12-/m1/s1. The first-order chi connectivity index (χ1) is 10.4. The molecule has 0 aromatic carbocycles. The lowest BCUT2D eigenvalue weighted by Crippen LogP contribution is -2.51. The lowest BCUT2D eigenvalue weighted by Gasteiger charge is -2.39. The van der Waals surface area contributed by atoms with Crippen molar-refractivity contribution in [2.45, 2.75) is 45.7 Å². The summed E-state index contributed by atoms with van der Waals surface area (Å²) in [6, 6.07) is 0.456. The SMILES string of the molecule is C[C@@H]1CN(Cc2ncc(C(C)(C)C)o2)CCN1c1nccs1. The summed E-state index contributed by atoms with van der Waals surface area (Å²) in [4.78, 5) is 13.7. The number of thiazole rings is 1. The van der Waals surface area contributed by atoms with Crippen LogP contribution in [0.4, 0.5) is 5.13 Å². The molecule has 0 N–H and O–H groups in total. The maximum Gasteiger partial charge on any atom is 0.208 e. The number of piperazine rings is 1. The molecule has 0 bridgehead atoms. The Bertz CT molecular complexity index is 602. The molecule has 5 nitrogen and oxygen atoms in total. The van der Waals surface area contributed by atoms with Gasteiger partial charge in [0.2, 0.25) is 5.89 Å². The van der Waals surface area contributed by atoms with Crippen LogP contribution in [0.2, 0.25) is 0 Å². The summed E-state index contributed by atoms with van der Waals surface area (Å²) in [6.07, 6.45) is 3.74. The molecule has 0 radical (unpaired) electrons. The minimum atomic E-state index is 0.0160. The molecule has 0 spiro atoms. The number of anilines is 1. The van der Waals surface area contributed by atoms with E-state index in [1.165, 1.54) is 0 Å². The molecule has 0 saturated carbocycles. The van der Waals surface area contributed by atoms with Gasteiger partial charge in [0.25, 0.3) is 0 Å². The van der Waals surface area contributed by atoms with Crippen LogP contribution in [0.1, 0.15) is 39.3 Å². The smallest absolute Gasteiger partial charge is 0.208 e. The summed E-state index contributed by atoms with van der Waals surface area (Å²) >= 11 is 1.71. The van der Waals surface area contributed by atoms with E-state index in [9.17, 15) is 0 Å². The van der Waals surface area contributed by atoms with Crippen LogP contribution in [0.5, 0.6) is 0 Å². The van der Waals surface area contributed by atoms with Crippen molar-refractivity contribution >= 4 is 16.5 Å². The molecule has 120 valence electrons. The highest BCUT2D eigenvalue weighted by Crippen LogP contribution is 2.25. The van der Waals surface area contributed by atoms with Crippen molar-refractivity contribution in [2.24, 2.45) is 0 Å². The number of oxazole rings is 1. The van der Waals surface area contributed by atoms with Crippen molar-refractivity contribution in [1.82, 2.24) is 14.9 Å². The molecule has 1 fully saturated rings. The second kappa shape index (κ2) is 6.01. The topological polar surface area (TPSA) is 45.4 Å². The third kappa shape index (κ3) is 3.33. The van der Waals surface area contributed by atoms with E-state index in [4.69, 9.17) is 4.42 Å². The summed E-state index contributed by atoms with van der Waals surface area (Å²) in [5, 5.41) is 3.16. The van der Waals surface area contributed by atoms with Crippen LogP contribution in [0.3, 0.4) is 0 Å². The minimum Gasteiger partial charge on any atom is -0.444 e. The van der Waals surface area contributed by atoms with E-state index in [1.54, 1.807) is 11.3 Å². The van der Waals surface area contributed by atoms with E-state index in [1.807, 2.05) is 17.8 Å². The molecule has 0 aliphatic carbocycles. The molecule has 2 aromatic heterocycles. The highest BCUT2D eigenvalue weighted by molar-refractivity contribution is 7.13. The molecule has 3 rings (SSSR count). The van der Waals surface area contributed by atoms with Crippen molar-refractivity contribution in [2.75, 3.05) is 24.5 Å². The van der Waals surface area contributed by atoms with Gasteiger partial charge in [-0.3, -0.25) is 4.90 Å². The van der Waals surface area contributed by atoms with Crippen LogP contribution in [0.25, 0.3) is 0 Å². The van der Waals surface area contributed by atoms with Gasteiger partial charge in [-0.15, -0.1) is 11.3 Å². The summed E-state index contributed by atoms with van der Waals surface area (Å²) in [6.45, 7) is 12.5. The van der Waals surface area contributed by atoms with E-state index in [2.05, 4.69) is 47.5 Å². The number of nitrogens with zero attached hydrogens (tertiary/aromatic N) is 4. The molecule has 22 heavy (non-hydrogen) atoms. The zero-order valence-electron chi connectivity index (χ0n) is 13.7. The van der Waals surface area contributed by atoms with E-state index in [-0.39, 0.29) is 5.41 Å². The molecule has 1 saturated heterocycles. The van der Waals surface area contributed by atoms with E-state index < -0.39 is 0 Å². The van der Waals surface area contributed by atoms with Crippen LogP contribution in [-0.2, 0) is 12.0 Å². The quantitative estimate of drug-likeness (QED) is 0.869. The monoisotopic (exact) mass is 320 g/mol. The van der Waals surface area contributed by atoms with Gasteiger partial charge >= 0.3 is 0 Å². The lowest BCUT2D eigenvalue weighted by atomic mass is 9.94. The molecular formula is C16H24N4OS. The molecule has 6 heteroatoms. The largest absolute Gasteiger partial charge is 0.444 e. The fraction of sp³-hybridized carbons (Fsp3) is 0.625. The average molecular weight is 320 g/mol. The number of aromatic nitrogens is 2. The number of rotatable bonds is 3. The van der Waals surface area contributed by atoms with Crippen LogP contribution in [0, 0.1) is 0 Å². The first-order valence-corrected chi connectivity index (χ1v) is 8.65. The lowest BCUT2D eigenvalue weighted by molar-refractivity contribution is 0.198. The average Bonchev–Trinajstić information content (AvgIpc) is 3.09. The minimum absolute atomic E-state index is 0.0160. The molecule has 1 aliphatic rings. The molecule has 1 aliphatic heterocycles. The van der Waals surface area contributed by atoms with Crippen LogP contribution >= 0.6 is 11.3 Å². The van der Waals surface area contributed by atoms with Gasteiger partial charge in [0.15, 0.2) is 5.13 Å². The predicted molar refractivity (Wildman–Crippen MR) is 89.4 cm³/mol. The summed E-state index contributed by atoms with van der Waals surface area (Å²) in [5.74, 6) is 1.77. The third-order valence-electron chi connectivity index (χ3n) is 4.03. The Balaban J connectivity index is 1.60. The Kier molecular flexibility index (Phi) is 4.23. The Morgan fingerprint density at radius 3 is 2.73 bits per heavy atom. The number of hydrogen-bond donors (Lipinski definition) is 0. The highest BCUT2D eigenvalue weighted by Gasteiger charge is 2.26. The Morgan fingerprint density at radius 1 is 1.32 bits per heavy atom. The first-order valence-electron chi connectivity index (χ1n) is 7.77. The van der Waals surface area contributed by atoms with Gasteiger partial charge in [0, 0.05) is 42.7 Å². The molecular weight excluding hydrogens is 296 g/mol. The van der Waals surface area contributed by atoms with Crippen molar-refractivity contribution in [3.63, 3.8) is 0 Å². The maximum atomic E-state index is 5.91. The van der Waals surface area contributed by atoms with Crippen molar-refractivity contribution in [3.05, 3.63) is 29.4 Å². The molecule has 1 atom stereocenters. The van der Waals surface area contributed by atoms with Crippen molar-refractivity contribution in [3.8, 4) is 0 Å². The Hall–Kier alpha value is -1.40. The van der Waals surface area contributed by atoms with E-state index in [0.29, 0.717) is 6.04 Å². The van der Waals surface area contributed by atoms with Gasteiger partial charge in [-0.1, -0.05) is 20.8 Å². The van der Waals surface area contributed by atoms with E-state index in [0.717, 1.165) is 43.0 Å². The molecule has 0 amide bonds. The summed E-state index contributed by atoms with van der Waals surface area (Å²) < 4.78 is 5.91. The summed E-state index contributed by atoms with van der Waals surface area (Å²) in [7, 11) is 0.